The largest absolute Gasteiger partial charge is 0.444 e. The molecular weight excluding hydrogens is 444 g/mol. The minimum atomic E-state index is -0.478. The van der Waals surface area contributed by atoms with Crippen LogP contribution in [0, 0.1) is 11.3 Å². The topological polar surface area (TPSA) is 91.0 Å². The summed E-state index contributed by atoms with van der Waals surface area (Å²) in [6, 6.07) is 6.20. The van der Waals surface area contributed by atoms with Crippen LogP contribution in [0.4, 0.5) is 16.2 Å². The van der Waals surface area contributed by atoms with Gasteiger partial charge in [-0.15, -0.1) is 0 Å². The molecule has 3 heterocycles. The second kappa shape index (κ2) is 9.55. The van der Waals surface area contributed by atoms with Crippen LogP contribution in [0.15, 0.2) is 24.3 Å². The van der Waals surface area contributed by atoms with Crippen LogP contribution >= 0.6 is 0 Å². The van der Waals surface area contributed by atoms with Crippen molar-refractivity contribution in [1.82, 2.24) is 10.2 Å². The van der Waals surface area contributed by atoms with Gasteiger partial charge in [-0.05, 0) is 58.6 Å². The molecule has 8 nitrogen and oxygen atoms in total. The van der Waals surface area contributed by atoms with E-state index in [1.54, 1.807) is 0 Å². The number of rotatable bonds is 4. The molecule has 1 aromatic carbocycles. The Morgan fingerprint density at radius 3 is 2.46 bits per heavy atom. The van der Waals surface area contributed by atoms with Gasteiger partial charge < -0.3 is 19.9 Å². The molecule has 3 fully saturated rings. The van der Waals surface area contributed by atoms with Gasteiger partial charge in [-0.3, -0.25) is 14.9 Å². The maximum atomic E-state index is 12.6. The van der Waals surface area contributed by atoms with Gasteiger partial charge in [0.1, 0.15) is 5.60 Å². The van der Waals surface area contributed by atoms with Crippen LogP contribution in [0.1, 0.15) is 58.9 Å². The second-order valence-electron chi connectivity index (χ2n) is 11.0. The highest BCUT2D eigenvalue weighted by molar-refractivity contribution is 6.05. The lowest BCUT2D eigenvalue weighted by Crippen LogP contribution is -2.61. The fourth-order valence-electron chi connectivity index (χ4n) is 5.58. The number of hydrogen-bond donors (Lipinski definition) is 2. The van der Waals surface area contributed by atoms with Crippen LogP contribution in [-0.4, -0.2) is 61.6 Å². The molecule has 3 saturated heterocycles. The fourth-order valence-corrected chi connectivity index (χ4v) is 5.58. The molecular formula is C27H38N4O4. The van der Waals surface area contributed by atoms with Crippen LogP contribution in [0.25, 0.3) is 5.57 Å². The zero-order valence-electron chi connectivity index (χ0n) is 21.6. The molecule has 0 saturated carbocycles. The summed E-state index contributed by atoms with van der Waals surface area (Å²) in [4.78, 5) is 40.9. The van der Waals surface area contributed by atoms with Gasteiger partial charge in [0.15, 0.2) is 0 Å². The first kappa shape index (κ1) is 25.1. The molecule has 35 heavy (non-hydrogen) atoms. The maximum absolute atomic E-state index is 12.6. The number of imide groups is 1. The van der Waals surface area contributed by atoms with Crippen LogP contribution in [0.3, 0.4) is 0 Å². The summed E-state index contributed by atoms with van der Waals surface area (Å²) in [6.07, 6.45) is 4.59. The predicted octanol–water partition coefficient (Wildman–Crippen LogP) is 4.02. The van der Waals surface area contributed by atoms with E-state index in [2.05, 4.69) is 21.6 Å². The predicted molar refractivity (Wildman–Crippen MR) is 137 cm³/mol. The molecule has 1 atom stereocenters. The highest BCUT2D eigenvalue weighted by atomic mass is 16.6. The molecule has 3 aliphatic rings. The Morgan fingerprint density at radius 1 is 1.20 bits per heavy atom. The van der Waals surface area contributed by atoms with E-state index < -0.39 is 5.60 Å². The molecule has 2 N–H and O–H groups in total. The van der Waals surface area contributed by atoms with Crippen LogP contribution < -0.4 is 15.5 Å². The first-order valence-corrected chi connectivity index (χ1v) is 12.6. The first-order chi connectivity index (χ1) is 16.6. The van der Waals surface area contributed by atoms with Gasteiger partial charge in [0.25, 0.3) is 0 Å². The molecule has 8 heteroatoms. The van der Waals surface area contributed by atoms with E-state index in [-0.39, 0.29) is 29.2 Å². The Morgan fingerprint density at radius 2 is 1.89 bits per heavy atom. The quantitative estimate of drug-likeness (QED) is 0.630. The molecule has 3 aliphatic heterocycles. The van der Waals surface area contributed by atoms with Crippen molar-refractivity contribution in [3.63, 3.8) is 0 Å². The van der Waals surface area contributed by atoms with Crippen molar-refractivity contribution in [3.05, 3.63) is 29.8 Å². The van der Waals surface area contributed by atoms with Gasteiger partial charge in [-0.2, -0.15) is 0 Å². The number of benzene rings is 1. The number of allylic oxidation sites excluding steroid dienone is 1. The maximum Gasteiger partial charge on any atom is 0.410 e. The smallest absolute Gasteiger partial charge is 0.410 e. The number of para-hydroxylation sites is 1. The monoisotopic (exact) mass is 482 g/mol. The van der Waals surface area contributed by atoms with E-state index in [0.29, 0.717) is 12.8 Å². The van der Waals surface area contributed by atoms with E-state index in [4.69, 9.17) is 4.74 Å². The number of hydrogen-bond acceptors (Lipinski definition) is 6. The summed E-state index contributed by atoms with van der Waals surface area (Å²) in [6.45, 7) is 11.0. The summed E-state index contributed by atoms with van der Waals surface area (Å²) in [5.74, 6) is -0.755. The molecule has 1 unspecified atom stereocenters. The van der Waals surface area contributed by atoms with Crippen LogP contribution in [0.5, 0.6) is 0 Å². The van der Waals surface area contributed by atoms with E-state index in [0.717, 1.165) is 61.5 Å². The van der Waals surface area contributed by atoms with Crippen molar-refractivity contribution >= 4 is 34.9 Å². The second-order valence-corrected chi connectivity index (χ2v) is 11.0. The van der Waals surface area contributed by atoms with Gasteiger partial charge in [0.05, 0.1) is 17.3 Å². The van der Waals surface area contributed by atoms with Gasteiger partial charge in [-0.25, -0.2) is 4.79 Å². The van der Waals surface area contributed by atoms with Gasteiger partial charge in [-0.1, -0.05) is 18.2 Å². The van der Waals surface area contributed by atoms with Crippen molar-refractivity contribution in [1.29, 1.82) is 0 Å². The molecule has 1 aromatic rings. The van der Waals surface area contributed by atoms with Gasteiger partial charge in [0, 0.05) is 50.6 Å². The van der Waals surface area contributed by atoms with E-state index in [9.17, 15) is 14.4 Å². The average molecular weight is 483 g/mol. The molecule has 1 spiro atoms. The number of piperidine rings is 2. The Kier molecular flexibility index (Phi) is 6.84. The van der Waals surface area contributed by atoms with Crippen LogP contribution in [0.2, 0.25) is 0 Å². The molecule has 3 amide bonds. The van der Waals surface area contributed by atoms with Crippen molar-refractivity contribution < 1.29 is 19.1 Å². The molecule has 0 bridgehead atoms. The summed E-state index contributed by atoms with van der Waals surface area (Å²) in [5.41, 5.74) is 3.81. The standard InChI is InChI=1S/C27H38N4O4/c1-6-18(20-10-11-22(32)29-24(20)33)19-8-7-9-21(23(19)28-5)31-16-27(17-31)12-14-30(15-13-27)25(34)35-26(2,3)4/h6-9,20,28H,10-17H2,1-5H3,(H,29,32,33)/b18-6-. The van der Waals surface area contributed by atoms with E-state index >= 15 is 0 Å². The normalized spacial score (nSPS) is 22.5. The lowest BCUT2D eigenvalue weighted by atomic mass is 9.71. The lowest BCUT2D eigenvalue weighted by Gasteiger charge is -2.55. The zero-order valence-corrected chi connectivity index (χ0v) is 21.6. The highest BCUT2D eigenvalue weighted by Gasteiger charge is 2.46. The number of carbonyl (C=O) groups excluding carboxylic acids is 3. The summed E-state index contributed by atoms with van der Waals surface area (Å²) in [7, 11) is 1.91. The Hall–Kier alpha value is -3.03. The number of ether oxygens (including phenoxy) is 1. The van der Waals surface area contributed by atoms with Gasteiger partial charge in [0.2, 0.25) is 11.8 Å². The first-order valence-electron chi connectivity index (χ1n) is 12.6. The van der Waals surface area contributed by atoms with Gasteiger partial charge >= 0.3 is 6.09 Å². The minimum absolute atomic E-state index is 0.201. The zero-order chi connectivity index (χ0) is 25.4. The summed E-state index contributed by atoms with van der Waals surface area (Å²) >= 11 is 0. The Balaban J connectivity index is 1.45. The Labute approximate surface area is 208 Å². The number of anilines is 2. The number of nitrogens with zero attached hydrogens (tertiary/aromatic N) is 2. The third-order valence-corrected chi connectivity index (χ3v) is 7.40. The lowest BCUT2D eigenvalue weighted by molar-refractivity contribution is -0.134. The number of nitrogens with one attached hydrogen (secondary N) is 2. The van der Waals surface area contributed by atoms with Crippen molar-refractivity contribution in [2.45, 2.75) is 59.0 Å². The summed E-state index contributed by atoms with van der Waals surface area (Å²) < 4.78 is 5.54. The summed E-state index contributed by atoms with van der Waals surface area (Å²) in [5, 5.41) is 5.86. The molecule has 4 rings (SSSR count). The number of likely N-dealkylation sites (tertiary alicyclic amines) is 1. The van der Waals surface area contributed by atoms with Crippen molar-refractivity contribution in [2.24, 2.45) is 11.3 Å². The molecule has 0 aromatic heterocycles. The SMILES string of the molecule is C/C=C(/c1cccc(N2CC3(CCN(C(=O)OC(C)(C)C)CC3)C2)c1NC)C1CCC(=O)NC1=O. The molecule has 0 radical (unpaired) electrons. The van der Waals surface area contributed by atoms with E-state index in [1.807, 2.05) is 57.9 Å². The highest BCUT2D eigenvalue weighted by Crippen LogP contribution is 2.46. The van der Waals surface area contributed by atoms with Crippen molar-refractivity contribution in [3.8, 4) is 0 Å². The minimum Gasteiger partial charge on any atom is -0.444 e. The number of amides is 3. The fraction of sp³-hybridized carbons (Fsp3) is 0.593. The average Bonchev–Trinajstić information content (AvgIpc) is 2.78. The van der Waals surface area contributed by atoms with Crippen molar-refractivity contribution in [2.75, 3.05) is 43.4 Å². The Bertz CT molecular complexity index is 1030. The number of carbonyl (C=O) groups is 3. The molecule has 0 aliphatic carbocycles. The third kappa shape index (κ3) is 5.16. The van der Waals surface area contributed by atoms with Crippen LogP contribution in [-0.2, 0) is 14.3 Å². The van der Waals surface area contributed by atoms with E-state index in [1.165, 1.54) is 0 Å². The third-order valence-electron chi connectivity index (χ3n) is 7.40. The molecule has 190 valence electrons.